The van der Waals surface area contributed by atoms with Crippen LogP contribution in [-0.2, 0) is 9.47 Å². The van der Waals surface area contributed by atoms with E-state index in [2.05, 4.69) is 4.90 Å². The fourth-order valence-corrected chi connectivity index (χ4v) is 4.63. The molecule has 4 rings (SSSR count). The van der Waals surface area contributed by atoms with Gasteiger partial charge in [-0.2, -0.15) is 0 Å². The highest BCUT2D eigenvalue weighted by atomic mass is 16.5. The Kier molecular flexibility index (Phi) is 3.38. The zero-order chi connectivity index (χ0) is 14.4. The first kappa shape index (κ1) is 13.8. The zero-order valence-electron chi connectivity index (χ0n) is 12.9. The lowest BCUT2D eigenvalue weighted by Crippen LogP contribution is -2.62. The molecule has 0 aromatic rings. The van der Waals surface area contributed by atoms with Crippen LogP contribution in [0, 0.1) is 5.41 Å². The molecular weight excluding hydrogens is 268 g/mol. The third kappa shape index (κ3) is 2.44. The Labute approximate surface area is 126 Å². The van der Waals surface area contributed by atoms with Crippen LogP contribution in [-0.4, -0.2) is 67.4 Å². The smallest absolute Gasteiger partial charge is 0.410 e. The van der Waals surface area contributed by atoms with Gasteiger partial charge in [0.1, 0.15) is 0 Å². The Balaban J connectivity index is 1.42. The number of piperidine rings is 2. The lowest BCUT2D eigenvalue weighted by atomic mass is 9.86. The third-order valence-electron chi connectivity index (χ3n) is 6.21. The maximum atomic E-state index is 12.0. The van der Waals surface area contributed by atoms with Crippen LogP contribution in [0.4, 0.5) is 4.79 Å². The molecule has 1 spiro atoms. The fraction of sp³-hybridized carbons (Fsp3) is 0.938. The van der Waals surface area contributed by atoms with E-state index in [0.717, 1.165) is 18.3 Å². The highest BCUT2D eigenvalue weighted by molar-refractivity contribution is 5.68. The molecule has 1 amide bonds. The van der Waals surface area contributed by atoms with Crippen molar-refractivity contribution in [1.82, 2.24) is 9.80 Å². The third-order valence-corrected chi connectivity index (χ3v) is 6.21. The van der Waals surface area contributed by atoms with E-state index in [4.69, 9.17) is 9.47 Å². The van der Waals surface area contributed by atoms with Crippen molar-refractivity contribution in [1.29, 1.82) is 0 Å². The van der Waals surface area contributed by atoms with Gasteiger partial charge in [0.15, 0.2) is 0 Å². The van der Waals surface area contributed by atoms with Gasteiger partial charge < -0.3 is 14.4 Å². The summed E-state index contributed by atoms with van der Waals surface area (Å²) in [5.41, 5.74) is 0.738. The first-order chi connectivity index (χ1) is 10.2. The molecule has 118 valence electrons. The predicted molar refractivity (Wildman–Crippen MR) is 78.1 cm³/mol. The number of ether oxygens (including phenoxy) is 2. The molecule has 1 aliphatic carbocycles. The summed E-state index contributed by atoms with van der Waals surface area (Å²) in [4.78, 5) is 16.6. The Morgan fingerprint density at radius 3 is 2.19 bits per heavy atom. The number of rotatable bonds is 1. The van der Waals surface area contributed by atoms with Gasteiger partial charge in [0.25, 0.3) is 0 Å². The predicted octanol–water partition coefficient (Wildman–Crippen LogP) is 1.86. The van der Waals surface area contributed by atoms with Crippen molar-refractivity contribution in [3.8, 4) is 0 Å². The second-order valence-electron chi connectivity index (χ2n) is 7.38. The fourth-order valence-electron chi connectivity index (χ4n) is 4.63. The number of methoxy groups -OCH3 is 1. The van der Waals surface area contributed by atoms with Crippen LogP contribution in [0.2, 0.25) is 0 Å². The van der Waals surface area contributed by atoms with E-state index in [1.54, 1.807) is 0 Å². The number of amides is 1. The molecule has 21 heavy (non-hydrogen) atoms. The van der Waals surface area contributed by atoms with Gasteiger partial charge in [-0.3, -0.25) is 4.90 Å². The van der Waals surface area contributed by atoms with E-state index in [1.807, 2.05) is 4.90 Å². The minimum atomic E-state index is -0.178. The Bertz CT molecular complexity index is 400. The van der Waals surface area contributed by atoms with Crippen molar-refractivity contribution in [2.45, 2.75) is 56.7 Å². The van der Waals surface area contributed by atoms with E-state index < -0.39 is 0 Å². The highest BCUT2D eigenvalue weighted by Gasteiger charge is 2.48. The van der Waals surface area contributed by atoms with Crippen LogP contribution in [0.1, 0.15) is 38.5 Å². The van der Waals surface area contributed by atoms with Gasteiger partial charge in [-0.05, 0) is 57.0 Å². The van der Waals surface area contributed by atoms with Crippen LogP contribution in [0.5, 0.6) is 0 Å². The molecule has 0 aromatic heterocycles. The lowest BCUT2D eigenvalue weighted by molar-refractivity contribution is -0.0862. The quantitative estimate of drug-likeness (QED) is 0.740. The van der Waals surface area contributed by atoms with Gasteiger partial charge in [0, 0.05) is 6.04 Å². The maximum Gasteiger partial charge on any atom is 0.410 e. The molecule has 3 heterocycles. The van der Waals surface area contributed by atoms with Gasteiger partial charge >= 0.3 is 6.09 Å². The second-order valence-corrected chi connectivity index (χ2v) is 7.38. The Morgan fingerprint density at radius 1 is 1.05 bits per heavy atom. The normalized spacial score (nSPS) is 38.3. The number of hydrogen-bond acceptors (Lipinski definition) is 4. The van der Waals surface area contributed by atoms with Crippen LogP contribution in [0.25, 0.3) is 0 Å². The molecule has 4 aliphatic rings. The summed E-state index contributed by atoms with van der Waals surface area (Å²) in [6, 6.07) is 1.03. The number of carbonyl (C=O) groups excluding carboxylic acids is 1. The van der Waals surface area contributed by atoms with Crippen molar-refractivity contribution in [3.63, 3.8) is 0 Å². The molecule has 2 unspecified atom stereocenters. The molecule has 2 bridgehead atoms. The highest BCUT2D eigenvalue weighted by Crippen LogP contribution is 2.54. The molecule has 3 aliphatic heterocycles. The summed E-state index contributed by atoms with van der Waals surface area (Å²) in [5, 5.41) is 0. The van der Waals surface area contributed by atoms with Crippen molar-refractivity contribution < 1.29 is 14.3 Å². The van der Waals surface area contributed by atoms with Gasteiger partial charge in [-0.15, -0.1) is 0 Å². The average molecular weight is 294 g/mol. The van der Waals surface area contributed by atoms with Crippen molar-refractivity contribution in [2.24, 2.45) is 5.41 Å². The minimum Gasteiger partial charge on any atom is -0.453 e. The monoisotopic (exact) mass is 294 g/mol. The molecule has 5 heteroatoms. The van der Waals surface area contributed by atoms with E-state index in [9.17, 15) is 4.79 Å². The summed E-state index contributed by atoms with van der Waals surface area (Å²) in [7, 11) is 1.48. The van der Waals surface area contributed by atoms with Crippen LogP contribution >= 0.6 is 0 Å². The average Bonchev–Trinajstić information content (AvgIpc) is 3.25. The maximum absolute atomic E-state index is 12.0. The second kappa shape index (κ2) is 5.13. The standard InChI is InChI=1S/C16H26N2O3/c1-20-15(19)18-13-8-12(9-14(18)11-21-10-13)17-6-4-16(2-3-16)5-7-17/h12-14H,2-11H2,1H3. The molecule has 4 fully saturated rings. The molecule has 3 saturated heterocycles. The first-order valence-corrected chi connectivity index (χ1v) is 8.39. The van der Waals surface area contributed by atoms with Gasteiger partial charge in [-0.25, -0.2) is 4.79 Å². The Morgan fingerprint density at radius 2 is 1.67 bits per heavy atom. The minimum absolute atomic E-state index is 0.178. The molecular formula is C16H26N2O3. The molecule has 0 radical (unpaired) electrons. The van der Waals surface area contributed by atoms with E-state index >= 15 is 0 Å². The number of likely N-dealkylation sites (tertiary alicyclic amines) is 1. The Hall–Kier alpha value is -0.810. The number of hydrogen-bond donors (Lipinski definition) is 0. The number of carbonyl (C=O) groups is 1. The molecule has 5 nitrogen and oxygen atoms in total. The summed E-state index contributed by atoms with van der Waals surface area (Å²) < 4.78 is 10.6. The van der Waals surface area contributed by atoms with Crippen molar-refractivity contribution in [2.75, 3.05) is 33.4 Å². The molecule has 0 N–H and O–H groups in total. The summed E-state index contributed by atoms with van der Waals surface area (Å²) in [6.07, 6.45) is 7.59. The number of fused-ring (bicyclic) bond motifs is 2. The number of nitrogens with zero attached hydrogens (tertiary/aromatic N) is 2. The molecule has 0 aromatic carbocycles. The SMILES string of the molecule is COC(=O)N1C2COCC1CC(N1CCC3(CC1)CC3)C2. The summed E-state index contributed by atoms with van der Waals surface area (Å²) in [6.45, 7) is 3.84. The summed E-state index contributed by atoms with van der Waals surface area (Å²) in [5.74, 6) is 0. The largest absolute Gasteiger partial charge is 0.453 e. The van der Waals surface area contributed by atoms with Crippen LogP contribution in [0.15, 0.2) is 0 Å². The van der Waals surface area contributed by atoms with Crippen LogP contribution in [0.3, 0.4) is 0 Å². The van der Waals surface area contributed by atoms with Gasteiger partial charge in [0.05, 0.1) is 32.4 Å². The molecule has 2 atom stereocenters. The van der Waals surface area contributed by atoms with Gasteiger partial charge in [0.2, 0.25) is 0 Å². The topological polar surface area (TPSA) is 42.0 Å². The van der Waals surface area contributed by atoms with Crippen molar-refractivity contribution >= 4 is 6.09 Å². The summed E-state index contributed by atoms with van der Waals surface area (Å²) >= 11 is 0. The molecule has 1 saturated carbocycles. The first-order valence-electron chi connectivity index (χ1n) is 8.39. The van der Waals surface area contributed by atoms with Crippen molar-refractivity contribution in [3.05, 3.63) is 0 Å². The number of morpholine rings is 1. The lowest BCUT2D eigenvalue weighted by Gasteiger charge is -2.51. The van der Waals surface area contributed by atoms with E-state index in [1.165, 1.54) is 45.9 Å². The van der Waals surface area contributed by atoms with Crippen LogP contribution < -0.4 is 0 Å². The zero-order valence-corrected chi connectivity index (χ0v) is 12.9. The van der Waals surface area contributed by atoms with Gasteiger partial charge in [-0.1, -0.05) is 0 Å². The van der Waals surface area contributed by atoms with E-state index in [0.29, 0.717) is 19.3 Å². The van der Waals surface area contributed by atoms with E-state index in [-0.39, 0.29) is 18.2 Å².